The average Bonchev–Trinajstić information content (AvgIpc) is 2.60. The van der Waals surface area contributed by atoms with Crippen molar-refractivity contribution in [3.63, 3.8) is 0 Å². The molecule has 6 nitrogen and oxygen atoms in total. The number of hydrogen-bond donors (Lipinski definition) is 3. The SMILES string of the molecule is CCCCNCc1cc(S(=O)(=O)NCCCC)c2cccnc2c1O. The van der Waals surface area contributed by atoms with Crippen LogP contribution >= 0.6 is 0 Å². The van der Waals surface area contributed by atoms with Crippen LogP contribution in [0.2, 0.25) is 0 Å². The summed E-state index contributed by atoms with van der Waals surface area (Å²) in [6.07, 6.45) is 5.33. The maximum atomic E-state index is 12.7. The molecule has 0 spiro atoms. The summed E-state index contributed by atoms with van der Waals surface area (Å²) in [5.74, 6) is 0.0344. The van der Waals surface area contributed by atoms with Crippen LogP contribution in [0.1, 0.15) is 45.1 Å². The number of aromatic nitrogens is 1. The van der Waals surface area contributed by atoms with Gasteiger partial charge >= 0.3 is 0 Å². The second kappa shape index (κ2) is 9.12. The molecule has 0 saturated carbocycles. The van der Waals surface area contributed by atoms with Crippen LogP contribution in [0.3, 0.4) is 0 Å². The Morgan fingerprint density at radius 2 is 1.88 bits per heavy atom. The molecule has 0 aliphatic rings. The van der Waals surface area contributed by atoms with Gasteiger partial charge in [0.1, 0.15) is 11.3 Å². The van der Waals surface area contributed by atoms with Crippen molar-refractivity contribution in [1.29, 1.82) is 0 Å². The lowest BCUT2D eigenvalue weighted by atomic mass is 10.1. The summed E-state index contributed by atoms with van der Waals surface area (Å²) in [5.41, 5.74) is 0.853. The van der Waals surface area contributed by atoms with Crippen LogP contribution in [0, 0.1) is 0 Å². The van der Waals surface area contributed by atoms with E-state index in [2.05, 4.69) is 21.9 Å². The van der Waals surface area contributed by atoms with E-state index in [4.69, 9.17) is 0 Å². The number of fused-ring (bicyclic) bond motifs is 1. The zero-order valence-electron chi connectivity index (χ0n) is 14.9. The molecule has 138 valence electrons. The van der Waals surface area contributed by atoms with Crippen LogP contribution < -0.4 is 10.0 Å². The number of benzene rings is 1. The maximum absolute atomic E-state index is 12.7. The number of phenols is 1. The number of phenolic OH excluding ortho intramolecular Hbond substituents is 1. The molecule has 0 radical (unpaired) electrons. The van der Waals surface area contributed by atoms with Crippen molar-refractivity contribution in [2.75, 3.05) is 13.1 Å². The number of pyridine rings is 1. The van der Waals surface area contributed by atoms with Gasteiger partial charge < -0.3 is 10.4 Å². The number of aromatic hydroxyl groups is 1. The van der Waals surface area contributed by atoms with Crippen LogP contribution in [0.15, 0.2) is 29.3 Å². The van der Waals surface area contributed by atoms with Gasteiger partial charge in [-0.15, -0.1) is 0 Å². The molecular formula is C18H27N3O3S. The topological polar surface area (TPSA) is 91.3 Å². The summed E-state index contributed by atoms with van der Waals surface area (Å²) in [4.78, 5) is 4.35. The standard InChI is InChI=1S/C18H27N3O3S/c1-3-5-9-19-13-14-12-16(25(23,24)21-11-6-4-2)15-8-7-10-20-17(15)18(14)22/h7-8,10,12,19,21-22H,3-6,9,11,13H2,1-2H3. The van der Waals surface area contributed by atoms with Gasteiger partial charge in [0.15, 0.2) is 0 Å². The lowest BCUT2D eigenvalue weighted by molar-refractivity contribution is 0.468. The number of sulfonamides is 1. The highest BCUT2D eigenvalue weighted by molar-refractivity contribution is 7.89. The summed E-state index contributed by atoms with van der Waals surface area (Å²) in [6, 6.07) is 4.89. The van der Waals surface area contributed by atoms with Gasteiger partial charge in [0.2, 0.25) is 10.0 Å². The summed E-state index contributed by atoms with van der Waals surface area (Å²) < 4.78 is 28.1. The molecule has 0 saturated heterocycles. The zero-order valence-corrected chi connectivity index (χ0v) is 15.7. The van der Waals surface area contributed by atoms with Crippen LogP contribution in [0.5, 0.6) is 5.75 Å². The first-order valence-corrected chi connectivity index (χ1v) is 10.3. The normalized spacial score (nSPS) is 11.9. The van der Waals surface area contributed by atoms with Gasteiger partial charge in [-0.05, 0) is 37.6 Å². The molecule has 0 unspecified atom stereocenters. The van der Waals surface area contributed by atoms with Crippen molar-refractivity contribution in [2.45, 2.75) is 51.0 Å². The summed E-state index contributed by atoms with van der Waals surface area (Å²) >= 11 is 0. The lowest BCUT2D eigenvalue weighted by Gasteiger charge is -2.14. The summed E-state index contributed by atoms with van der Waals surface area (Å²) in [5, 5.41) is 14.2. The first-order valence-electron chi connectivity index (χ1n) is 8.81. The molecule has 1 heterocycles. The Morgan fingerprint density at radius 3 is 2.60 bits per heavy atom. The van der Waals surface area contributed by atoms with E-state index in [1.54, 1.807) is 24.4 Å². The first-order chi connectivity index (χ1) is 12.0. The smallest absolute Gasteiger partial charge is 0.241 e. The third-order valence-electron chi connectivity index (χ3n) is 4.04. The summed E-state index contributed by atoms with van der Waals surface area (Å²) in [6.45, 7) is 5.72. The lowest BCUT2D eigenvalue weighted by Crippen LogP contribution is -2.25. The van der Waals surface area contributed by atoms with E-state index in [-0.39, 0.29) is 10.6 Å². The molecule has 0 bridgehead atoms. The molecule has 0 fully saturated rings. The fraction of sp³-hybridized carbons (Fsp3) is 0.500. The minimum atomic E-state index is -3.66. The molecule has 7 heteroatoms. The van der Waals surface area contributed by atoms with Crippen molar-refractivity contribution in [3.05, 3.63) is 30.0 Å². The first kappa shape index (κ1) is 19.6. The summed E-state index contributed by atoms with van der Waals surface area (Å²) in [7, 11) is -3.66. The van der Waals surface area contributed by atoms with Crippen molar-refractivity contribution in [1.82, 2.24) is 15.0 Å². The van der Waals surface area contributed by atoms with Crippen molar-refractivity contribution in [2.24, 2.45) is 0 Å². The molecule has 0 aliphatic carbocycles. The van der Waals surface area contributed by atoms with E-state index in [1.807, 2.05) is 6.92 Å². The van der Waals surface area contributed by atoms with Crippen LogP contribution in [0.4, 0.5) is 0 Å². The van der Waals surface area contributed by atoms with E-state index in [1.165, 1.54) is 0 Å². The third kappa shape index (κ3) is 4.90. The molecule has 0 amide bonds. The van der Waals surface area contributed by atoms with Gasteiger partial charge in [-0.1, -0.05) is 26.7 Å². The molecule has 1 aromatic heterocycles. The Hall–Kier alpha value is -1.70. The number of unbranched alkanes of at least 4 members (excludes halogenated alkanes) is 2. The van der Waals surface area contributed by atoms with Crippen molar-refractivity contribution in [3.8, 4) is 5.75 Å². The van der Waals surface area contributed by atoms with Gasteiger partial charge in [0.25, 0.3) is 0 Å². The van der Waals surface area contributed by atoms with E-state index in [0.717, 1.165) is 32.2 Å². The molecule has 25 heavy (non-hydrogen) atoms. The molecule has 3 N–H and O–H groups in total. The molecule has 0 aliphatic heterocycles. The van der Waals surface area contributed by atoms with Crippen molar-refractivity contribution >= 4 is 20.9 Å². The van der Waals surface area contributed by atoms with E-state index in [9.17, 15) is 13.5 Å². The highest BCUT2D eigenvalue weighted by atomic mass is 32.2. The highest BCUT2D eigenvalue weighted by Crippen LogP contribution is 2.32. The Balaban J connectivity index is 2.42. The minimum Gasteiger partial charge on any atom is -0.505 e. The van der Waals surface area contributed by atoms with E-state index < -0.39 is 10.0 Å². The fourth-order valence-electron chi connectivity index (χ4n) is 2.59. The van der Waals surface area contributed by atoms with E-state index in [0.29, 0.717) is 29.6 Å². The maximum Gasteiger partial charge on any atom is 0.241 e. The molecule has 2 rings (SSSR count). The Kier molecular flexibility index (Phi) is 7.16. The highest BCUT2D eigenvalue weighted by Gasteiger charge is 2.21. The molecule has 0 atom stereocenters. The largest absolute Gasteiger partial charge is 0.505 e. The average molecular weight is 365 g/mol. The van der Waals surface area contributed by atoms with Gasteiger partial charge in [-0.3, -0.25) is 4.98 Å². The molecule has 2 aromatic rings. The number of nitrogens with zero attached hydrogens (tertiary/aromatic N) is 1. The van der Waals surface area contributed by atoms with Crippen LogP contribution in [0.25, 0.3) is 10.9 Å². The van der Waals surface area contributed by atoms with E-state index >= 15 is 0 Å². The van der Waals surface area contributed by atoms with Crippen molar-refractivity contribution < 1.29 is 13.5 Å². The predicted octanol–water partition coefficient (Wildman–Crippen LogP) is 2.91. The molecular weight excluding hydrogens is 338 g/mol. The van der Waals surface area contributed by atoms with Crippen LogP contribution in [-0.2, 0) is 16.6 Å². The molecule has 1 aromatic carbocycles. The number of nitrogens with one attached hydrogen (secondary N) is 2. The predicted molar refractivity (Wildman–Crippen MR) is 100 cm³/mol. The third-order valence-corrected chi connectivity index (χ3v) is 5.54. The Morgan fingerprint density at radius 1 is 1.16 bits per heavy atom. The number of rotatable bonds is 10. The second-order valence-electron chi connectivity index (χ2n) is 6.06. The number of hydrogen-bond acceptors (Lipinski definition) is 5. The Labute approximate surface area is 149 Å². The van der Waals surface area contributed by atoms with Gasteiger partial charge in [0.05, 0.1) is 4.90 Å². The zero-order chi connectivity index (χ0) is 18.3. The monoisotopic (exact) mass is 365 g/mol. The van der Waals surface area contributed by atoms with Crippen LogP contribution in [-0.4, -0.2) is 31.6 Å². The van der Waals surface area contributed by atoms with Gasteiger partial charge in [-0.25, -0.2) is 13.1 Å². The fourth-order valence-corrected chi connectivity index (χ4v) is 3.91. The minimum absolute atomic E-state index is 0.0344. The Bertz CT molecular complexity index is 807. The van der Waals surface area contributed by atoms with Gasteiger partial charge in [0, 0.05) is 30.2 Å². The van der Waals surface area contributed by atoms with Gasteiger partial charge in [-0.2, -0.15) is 0 Å². The second-order valence-corrected chi connectivity index (χ2v) is 7.80. The quantitative estimate of drug-likeness (QED) is 0.563.